The van der Waals surface area contributed by atoms with Gasteiger partial charge in [0.1, 0.15) is 12.4 Å². The van der Waals surface area contributed by atoms with Crippen molar-refractivity contribution in [3.8, 4) is 0 Å². The molecule has 0 aliphatic carbocycles. The molecule has 5 rings (SSSR count). The van der Waals surface area contributed by atoms with Crippen LogP contribution >= 0.6 is 0 Å². The summed E-state index contributed by atoms with van der Waals surface area (Å²) in [5, 5.41) is 4.14. The molecule has 1 aromatic carbocycles. The maximum atomic E-state index is 13.5. The number of morpholine rings is 1. The van der Waals surface area contributed by atoms with Gasteiger partial charge in [-0.05, 0) is 49.8 Å². The van der Waals surface area contributed by atoms with Crippen molar-refractivity contribution in [2.75, 3.05) is 45.9 Å². The van der Waals surface area contributed by atoms with Crippen LogP contribution in [0.3, 0.4) is 0 Å². The van der Waals surface area contributed by atoms with Crippen molar-refractivity contribution in [2.24, 2.45) is 5.92 Å². The second-order valence-corrected chi connectivity index (χ2v) is 11.8. The van der Waals surface area contributed by atoms with E-state index in [1.165, 1.54) is 20.7 Å². The first-order valence-electron chi connectivity index (χ1n) is 13.2. The lowest BCUT2D eigenvalue weighted by atomic mass is 9.93. The van der Waals surface area contributed by atoms with Gasteiger partial charge >= 0.3 is 0 Å². The molecule has 13 heteroatoms. The highest BCUT2D eigenvalue weighted by Gasteiger charge is 2.39. The summed E-state index contributed by atoms with van der Waals surface area (Å²) in [7, 11) is -3.54. The Morgan fingerprint density at radius 1 is 0.974 bits per heavy atom. The van der Waals surface area contributed by atoms with Crippen molar-refractivity contribution in [3.05, 3.63) is 47.4 Å². The number of likely N-dealkylation sites (tertiary alicyclic amines) is 1. The summed E-state index contributed by atoms with van der Waals surface area (Å²) in [4.78, 5) is 19.9. The second kappa shape index (κ2) is 12.2. The Morgan fingerprint density at radius 3 is 2.42 bits per heavy atom. The van der Waals surface area contributed by atoms with Crippen LogP contribution in [0.15, 0.2) is 28.8 Å². The van der Waals surface area contributed by atoms with E-state index in [2.05, 4.69) is 10.1 Å². The van der Waals surface area contributed by atoms with Crippen molar-refractivity contribution < 1.29 is 31.6 Å². The standard InChI is InChI=1S/C25H34FN5O6S/c26-21-6-4-19(5-7-21)17-36-18-23-27-24(28-37-23)22-3-1-2-10-31(22)25(32)20-8-11-29(12-9-20)38(33,34)30-13-15-35-16-14-30/h4-7,20,22H,1-3,8-18H2. The molecule has 11 nitrogen and oxygen atoms in total. The predicted molar refractivity (Wildman–Crippen MR) is 133 cm³/mol. The number of rotatable bonds is 8. The Labute approximate surface area is 222 Å². The molecule has 0 bridgehead atoms. The fourth-order valence-corrected chi connectivity index (χ4v) is 6.88. The third-order valence-electron chi connectivity index (χ3n) is 7.40. The monoisotopic (exact) mass is 551 g/mol. The lowest BCUT2D eigenvalue weighted by molar-refractivity contribution is -0.141. The van der Waals surface area contributed by atoms with Crippen LogP contribution in [-0.2, 0) is 37.7 Å². The summed E-state index contributed by atoms with van der Waals surface area (Å²) in [6, 6.07) is 5.79. The van der Waals surface area contributed by atoms with Crippen LogP contribution in [0.2, 0.25) is 0 Å². The summed E-state index contributed by atoms with van der Waals surface area (Å²) >= 11 is 0. The van der Waals surface area contributed by atoms with Gasteiger partial charge in [-0.25, -0.2) is 4.39 Å². The molecular weight excluding hydrogens is 517 g/mol. The van der Waals surface area contributed by atoms with Gasteiger partial charge in [0.2, 0.25) is 5.91 Å². The SMILES string of the molecule is O=C(C1CCN(S(=O)(=O)N2CCOCC2)CC1)N1CCCCC1c1noc(COCc2ccc(F)cc2)n1. The molecule has 3 fully saturated rings. The largest absolute Gasteiger partial charge is 0.379 e. The topological polar surface area (TPSA) is 118 Å². The Hall–Kier alpha value is -2.45. The smallest absolute Gasteiger partial charge is 0.282 e. The lowest BCUT2D eigenvalue weighted by Crippen LogP contribution is -2.52. The lowest BCUT2D eigenvalue weighted by Gasteiger charge is -2.39. The molecule has 0 N–H and O–H groups in total. The first-order chi connectivity index (χ1) is 18.4. The molecule has 4 heterocycles. The van der Waals surface area contributed by atoms with E-state index in [4.69, 9.17) is 14.0 Å². The number of ether oxygens (including phenoxy) is 2. The van der Waals surface area contributed by atoms with E-state index in [0.717, 1.165) is 24.8 Å². The van der Waals surface area contributed by atoms with Crippen molar-refractivity contribution >= 4 is 16.1 Å². The molecule has 3 aliphatic rings. The van der Waals surface area contributed by atoms with Gasteiger partial charge in [-0.2, -0.15) is 22.0 Å². The molecule has 2 aromatic rings. The molecule has 3 saturated heterocycles. The van der Waals surface area contributed by atoms with Crippen LogP contribution in [0.4, 0.5) is 4.39 Å². The number of carbonyl (C=O) groups excluding carboxylic acids is 1. The van der Waals surface area contributed by atoms with Gasteiger partial charge in [-0.15, -0.1) is 0 Å². The van der Waals surface area contributed by atoms with Crippen LogP contribution in [0, 0.1) is 11.7 Å². The maximum absolute atomic E-state index is 13.5. The zero-order chi connectivity index (χ0) is 26.5. The molecular formula is C25H34FN5O6S. The minimum Gasteiger partial charge on any atom is -0.379 e. The normalized spacial score (nSPS) is 22.6. The zero-order valence-corrected chi connectivity index (χ0v) is 22.2. The van der Waals surface area contributed by atoms with E-state index in [1.54, 1.807) is 12.1 Å². The number of piperidine rings is 2. The molecule has 1 aromatic heterocycles. The molecule has 3 aliphatic heterocycles. The van der Waals surface area contributed by atoms with Gasteiger partial charge in [0.15, 0.2) is 5.82 Å². The summed E-state index contributed by atoms with van der Waals surface area (Å²) in [6.07, 6.45) is 3.57. The highest BCUT2D eigenvalue weighted by atomic mass is 32.2. The van der Waals surface area contributed by atoms with Gasteiger partial charge in [-0.1, -0.05) is 17.3 Å². The minimum absolute atomic E-state index is 0.0250. The average Bonchev–Trinajstić information content (AvgIpc) is 3.43. The Kier molecular flexibility index (Phi) is 8.68. The summed E-state index contributed by atoms with van der Waals surface area (Å²) in [5.74, 6) is 0.270. The Bertz CT molecular complexity index is 1180. The van der Waals surface area contributed by atoms with Crippen LogP contribution < -0.4 is 0 Å². The third kappa shape index (κ3) is 6.23. The molecule has 1 amide bonds. The highest BCUT2D eigenvalue weighted by Crippen LogP contribution is 2.33. The zero-order valence-electron chi connectivity index (χ0n) is 21.3. The molecule has 0 saturated carbocycles. The van der Waals surface area contributed by atoms with Gasteiger partial charge in [-0.3, -0.25) is 4.79 Å². The molecule has 1 unspecified atom stereocenters. The van der Waals surface area contributed by atoms with Crippen LogP contribution in [-0.4, -0.2) is 83.9 Å². The third-order valence-corrected chi connectivity index (χ3v) is 9.44. The molecule has 38 heavy (non-hydrogen) atoms. The van der Waals surface area contributed by atoms with E-state index in [0.29, 0.717) is 70.5 Å². The van der Waals surface area contributed by atoms with E-state index >= 15 is 0 Å². The quantitative estimate of drug-likeness (QED) is 0.490. The van der Waals surface area contributed by atoms with E-state index < -0.39 is 10.2 Å². The summed E-state index contributed by atoms with van der Waals surface area (Å²) in [5.41, 5.74) is 0.832. The first kappa shape index (κ1) is 27.1. The molecule has 0 spiro atoms. The fraction of sp³-hybridized carbons (Fsp3) is 0.640. The number of amides is 1. The number of aromatic nitrogens is 2. The molecule has 0 radical (unpaired) electrons. The van der Waals surface area contributed by atoms with Crippen molar-refractivity contribution in [3.63, 3.8) is 0 Å². The summed E-state index contributed by atoms with van der Waals surface area (Å²) < 4.78 is 58.3. The highest BCUT2D eigenvalue weighted by molar-refractivity contribution is 7.86. The van der Waals surface area contributed by atoms with Crippen LogP contribution in [0.1, 0.15) is 55.4 Å². The maximum Gasteiger partial charge on any atom is 0.282 e. The van der Waals surface area contributed by atoms with Crippen molar-refractivity contribution in [1.82, 2.24) is 23.7 Å². The van der Waals surface area contributed by atoms with Gasteiger partial charge in [0.25, 0.3) is 16.1 Å². The fourth-order valence-electron chi connectivity index (χ4n) is 5.27. The second-order valence-electron chi connectivity index (χ2n) is 9.90. The van der Waals surface area contributed by atoms with E-state index in [-0.39, 0.29) is 36.9 Å². The van der Waals surface area contributed by atoms with Crippen LogP contribution in [0.5, 0.6) is 0 Å². The number of carbonyl (C=O) groups is 1. The minimum atomic E-state index is -3.54. The van der Waals surface area contributed by atoms with Crippen molar-refractivity contribution in [1.29, 1.82) is 0 Å². The number of benzene rings is 1. The van der Waals surface area contributed by atoms with Gasteiger partial charge in [0, 0.05) is 38.6 Å². The van der Waals surface area contributed by atoms with Gasteiger partial charge in [0.05, 0.1) is 25.9 Å². The van der Waals surface area contributed by atoms with Crippen molar-refractivity contribution in [2.45, 2.75) is 51.4 Å². The molecule has 1 atom stereocenters. The predicted octanol–water partition coefficient (Wildman–Crippen LogP) is 2.27. The van der Waals surface area contributed by atoms with E-state index in [9.17, 15) is 17.6 Å². The Balaban J connectivity index is 1.16. The average molecular weight is 552 g/mol. The first-order valence-corrected chi connectivity index (χ1v) is 14.6. The summed E-state index contributed by atoms with van der Waals surface area (Å²) in [6.45, 7) is 3.19. The number of hydrogen-bond acceptors (Lipinski definition) is 8. The van der Waals surface area contributed by atoms with E-state index in [1.807, 2.05) is 4.90 Å². The number of hydrogen-bond donors (Lipinski definition) is 0. The van der Waals surface area contributed by atoms with Crippen LogP contribution in [0.25, 0.3) is 0 Å². The molecule has 208 valence electrons. The number of nitrogens with zero attached hydrogens (tertiary/aromatic N) is 5. The Morgan fingerprint density at radius 2 is 1.68 bits per heavy atom. The van der Waals surface area contributed by atoms with Gasteiger partial charge < -0.3 is 18.9 Å². The number of halogens is 1.